The maximum atomic E-state index is 11.2. The Morgan fingerprint density at radius 3 is 2.88 bits per heavy atom. The molecule has 0 fully saturated rings. The molecule has 0 saturated carbocycles. The summed E-state index contributed by atoms with van der Waals surface area (Å²) in [6.45, 7) is 4.62. The second-order valence-corrected chi connectivity index (χ2v) is 4.50. The van der Waals surface area contributed by atoms with E-state index in [0.29, 0.717) is 24.3 Å². The third-order valence-electron chi connectivity index (χ3n) is 2.55. The zero-order valence-corrected chi connectivity index (χ0v) is 10.4. The first-order chi connectivity index (χ1) is 7.98. The Bertz CT molecular complexity index is 370. The lowest BCUT2D eigenvalue weighted by atomic mass is 10.0. The van der Waals surface area contributed by atoms with E-state index in [-0.39, 0.29) is 12.1 Å². The molecule has 5 heteroatoms. The monoisotopic (exact) mass is 241 g/mol. The highest BCUT2D eigenvalue weighted by Crippen LogP contribution is 2.12. The fourth-order valence-electron chi connectivity index (χ4n) is 1.39. The lowest BCUT2D eigenvalue weighted by Crippen LogP contribution is -2.39. The van der Waals surface area contributed by atoms with E-state index in [0.717, 1.165) is 0 Å². The molecule has 17 heavy (non-hydrogen) atoms. The molecule has 0 saturated heterocycles. The molecule has 1 rings (SSSR count). The highest BCUT2D eigenvalue weighted by Gasteiger charge is 2.17. The number of furan rings is 1. The minimum Gasteiger partial charge on any atom is -0.467 e. The third kappa shape index (κ3) is 4.20. The van der Waals surface area contributed by atoms with Gasteiger partial charge in [-0.05, 0) is 26.3 Å². The Labute approximate surface area is 101 Å². The van der Waals surface area contributed by atoms with E-state index in [2.05, 4.69) is 10.1 Å². The van der Waals surface area contributed by atoms with Crippen LogP contribution in [0, 0.1) is 0 Å². The van der Waals surface area contributed by atoms with Gasteiger partial charge in [0.2, 0.25) is 0 Å². The Balaban J connectivity index is 2.53. The lowest BCUT2D eigenvalue weighted by Gasteiger charge is -2.24. The van der Waals surface area contributed by atoms with Crippen LogP contribution in [0.1, 0.15) is 36.4 Å². The Kier molecular flexibility index (Phi) is 4.72. The molecule has 0 radical (unpaired) electrons. The van der Waals surface area contributed by atoms with E-state index in [1.165, 1.54) is 13.4 Å². The van der Waals surface area contributed by atoms with Crippen LogP contribution in [0.2, 0.25) is 0 Å². The molecule has 0 spiro atoms. The second-order valence-electron chi connectivity index (χ2n) is 4.50. The standard InChI is InChI=1S/C12H19NO4/c1-12(2,4-5-14)13-7-10-6-9(8-17-10)11(15)16-3/h6,8,13-14H,4-5,7H2,1-3H3. The van der Waals surface area contributed by atoms with Crippen molar-refractivity contribution in [3.63, 3.8) is 0 Å². The number of carbonyl (C=O) groups excluding carboxylic acids is 1. The summed E-state index contributed by atoms with van der Waals surface area (Å²) in [6, 6.07) is 1.65. The molecular weight excluding hydrogens is 222 g/mol. The molecule has 1 aromatic rings. The normalized spacial score (nSPS) is 11.5. The highest BCUT2D eigenvalue weighted by molar-refractivity contribution is 5.88. The fourth-order valence-corrected chi connectivity index (χ4v) is 1.39. The van der Waals surface area contributed by atoms with E-state index >= 15 is 0 Å². The van der Waals surface area contributed by atoms with Gasteiger partial charge in [-0.2, -0.15) is 0 Å². The van der Waals surface area contributed by atoms with Gasteiger partial charge in [-0.25, -0.2) is 4.79 Å². The molecule has 1 heterocycles. The number of nitrogens with one attached hydrogen (secondary N) is 1. The van der Waals surface area contributed by atoms with Gasteiger partial charge in [0.25, 0.3) is 0 Å². The van der Waals surface area contributed by atoms with Gasteiger partial charge in [0.1, 0.15) is 12.0 Å². The smallest absolute Gasteiger partial charge is 0.341 e. The number of aliphatic hydroxyl groups is 1. The number of hydrogen-bond donors (Lipinski definition) is 2. The zero-order chi connectivity index (χ0) is 12.9. The highest BCUT2D eigenvalue weighted by atomic mass is 16.5. The molecule has 0 unspecified atom stereocenters. The molecule has 2 N–H and O–H groups in total. The van der Waals surface area contributed by atoms with Crippen molar-refractivity contribution in [1.29, 1.82) is 0 Å². The third-order valence-corrected chi connectivity index (χ3v) is 2.55. The van der Waals surface area contributed by atoms with Gasteiger partial charge < -0.3 is 19.6 Å². The van der Waals surface area contributed by atoms with Crippen LogP contribution in [-0.4, -0.2) is 30.3 Å². The Morgan fingerprint density at radius 1 is 1.59 bits per heavy atom. The first kappa shape index (κ1) is 13.7. The Morgan fingerprint density at radius 2 is 2.29 bits per heavy atom. The maximum absolute atomic E-state index is 11.2. The Hall–Kier alpha value is -1.33. The topological polar surface area (TPSA) is 71.7 Å². The summed E-state index contributed by atoms with van der Waals surface area (Å²) >= 11 is 0. The largest absolute Gasteiger partial charge is 0.467 e. The van der Waals surface area contributed by atoms with Crippen molar-refractivity contribution in [1.82, 2.24) is 5.32 Å². The summed E-state index contributed by atoms with van der Waals surface area (Å²) in [5.41, 5.74) is 0.233. The number of esters is 1. The first-order valence-electron chi connectivity index (χ1n) is 5.50. The van der Waals surface area contributed by atoms with Crippen molar-refractivity contribution in [3.8, 4) is 0 Å². The second kappa shape index (κ2) is 5.84. The number of ether oxygens (including phenoxy) is 1. The van der Waals surface area contributed by atoms with E-state index in [1.54, 1.807) is 6.07 Å². The summed E-state index contributed by atoms with van der Waals surface area (Å²) in [6.07, 6.45) is 2.03. The zero-order valence-electron chi connectivity index (χ0n) is 10.4. The van der Waals surface area contributed by atoms with E-state index < -0.39 is 5.97 Å². The van der Waals surface area contributed by atoms with Crippen molar-refractivity contribution >= 4 is 5.97 Å². The molecule has 0 aliphatic carbocycles. The molecule has 96 valence electrons. The van der Waals surface area contributed by atoms with Crippen LogP contribution < -0.4 is 5.32 Å². The molecule has 1 aromatic heterocycles. The molecule has 5 nitrogen and oxygen atoms in total. The van der Waals surface area contributed by atoms with Gasteiger partial charge in [-0.15, -0.1) is 0 Å². The average Bonchev–Trinajstić information content (AvgIpc) is 2.74. The summed E-state index contributed by atoms with van der Waals surface area (Å²) in [4.78, 5) is 11.2. The number of methoxy groups -OCH3 is 1. The van der Waals surface area contributed by atoms with Gasteiger partial charge >= 0.3 is 5.97 Å². The van der Waals surface area contributed by atoms with E-state index in [1.807, 2.05) is 13.8 Å². The molecule has 0 aliphatic rings. The molecule has 0 amide bonds. The average molecular weight is 241 g/mol. The number of carbonyl (C=O) groups is 1. The molecule has 0 aromatic carbocycles. The fraction of sp³-hybridized carbons (Fsp3) is 0.583. The van der Waals surface area contributed by atoms with Gasteiger partial charge in [0.05, 0.1) is 19.2 Å². The first-order valence-corrected chi connectivity index (χ1v) is 5.50. The van der Waals surface area contributed by atoms with Crippen LogP contribution in [-0.2, 0) is 11.3 Å². The summed E-state index contributed by atoms with van der Waals surface area (Å²) in [7, 11) is 1.33. The molecule has 0 bridgehead atoms. The van der Waals surface area contributed by atoms with Crippen molar-refractivity contribution in [2.24, 2.45) is 0 Å². The minimum absolute atomic E-state index is 0.131. The van der Waals surface area contributed by atoms with Gasteiger partial charge in [0.15, 0.2) is 0 Å². The SMILES string of the molecule is COC(=O)c1coc(CNC(C)(C)CCO)c1. The lowest BCUT2D eigenvalue weighted by molar-refractivity contribution is 0.0600. The predicted octanol–water partition coefficient (Wildman–Crippen LogP) is 1.32. The van der Waals surface area contributed by atoms with Crippen LogP contribution in [0.15, 0.2) is 16.7 Å². The number of hydrogen-bond acceptors (Lipinski definition) is 5. The van der Waals surface area contributed by atoms with Crippen molar-refractivity contribution in [2.75, 3.05) is 13.7 Å². The summed E-state index contributed by atoms with van der Waals surface area (Å²) in [5, 5.41) is 12.1. The summed E-state index contributed by atoms with van der Waals surface area (Å²) < 4.78 is 9.82. The van der Waals surface area contributed by atoms with Crippen LogP contribution >= 0.6 is 0 Å². The molecular formula is C12H19NO4. The van der Waals surface area contributed by atoms with Crippen LogP contribution in [0.3, 0.4) is 0 Å². The van der Waals surface area contributed by atoms with Crippen LogP contribution in [0.5, 0.6) is 0 Å². The van der Waals surface area contributed by atoms with Gasteiger partial charge in [-0.1, -0.05) is 0 Å². The van der Waals surface area contributed by atoms with Gasteiger partial charge in [-0.3, -0.25) is 0 Å². The van der Waals surface area contributed by atoms with Crippen molar-refractivity contribution in [2.45, 2.75) is 32.4 Å². The quantitative estimate of drug-likeness (QED) is 0.735. The maximum Gasteiger partial charge on any atom is 0.341 e. The van der Waals surface area contributed by atoms with Crippen molar-refractivity contribution < 1.29 is 19.1 Å². The van der Waals surface area contributed by atoms with Crippen LogP contribution in [0.25, 0.3) is 0 Å². The molecule has 0 atom stereocenters. The van der Waals surface area contributed by atoms with E-state index in [4.69, 9.17) is 9.52 Å². The van der Waals surface area contributed by atoms with Gasteiger partial charge in [0, 0.05) is 12.1 Å². The van der Waals surface area contributed by atoms with E-state index in [9.17, 15) is 4.79 Å². The summed E-state index contributed by atoms with van der Waals surface area (Å²) in [5.74, 6) is 0.256. The number of aliphatic hydroxyl groups excluding tert-OH is 1. The van der Waals surface area contributed by atoms with Crippen molar-refractivity contribution in [3.05, 3.63) is 23.7 Å². The predicted molar refractivity (Wildman–Crippen MR) is 62.7 cm³/mol. The minimum atomic E-state index is -0.408. The number of rotatable bonds is 6. The van der Waals surface area contributed by atoms with Crippen LogP contribution in [0.4, 0.5) is 0 Å². The molecule has 0 aliphatic heterocycles.